The van der Waals surface area contributed by atoms with Crippen LogP contribution in [0.15, 0.2) is 24.3 Å². The van der Waals surface area contributed by atoms with Crippen LogP contribution in [0.2, 0.25) is 0 Å². The van der Waals surface area contributed by atoms with E-state index >= 15 is 0 Å². The van der Waals surface area contributed by atoms with Gasteiger partial charge in [0.05, 0.1) is 31.0 Å². The van der Waals surface area contributed by atoms with Crippen LogP contribution < -0.4 is 4.74 Å². The summed E-state index contributed by atoms with van der Waals surface area (Å²) in [4.78, 5) is 36.7. The van der Waals surface area contributed by atoms with Crippen molar-refractivity contribution >= 4 is 11.8 Å². The largest absolute Gasteiger partial charge is 0.497 e. The Hall–Kier alpha value is -2.83. The lowest BCUT2D eigenvalue weighted by Crippen LogP contribution is -2.48. The third kappa shape index (κ3) is 3.48. The lowest BCUT2D eigenvalue weighted by atomic mass is 9.95. The number of H-pyrrole nitrogens is 1. The number of benzene rings is 1. The van der Waals surface area contributed by atoms with Crippen LogP contribution in [0.4, 0.5) is 0 Å². The van der Waals surface area contributed by atoms with Crippen molar-refractivity contribution in [3.63, 3.8) is 0 Å². The summed E-state index contributed by atoms with van der Waals surface area (Å²) in [5, 5.41) is 0. The zero-order valence-corrected chi connectivity index (χ0v) is 16.4. The van der Waals surface area contributed by atoms with Gasteiger partial charge in [0.1, 0.15) is 11.6 Å². The van der Waals surface area contributed by atoms with Crippen molar-refractivity contribution in [3.8, 4) is 17.1 Å². The fourth-order valence-electron chi connectivity index (χ4n) is 4.05. The number of carbonyl (C=O) groups is 2. The first-order valence-corrected chi connectivity index (χ1v) is 9.87. The topological polar surface area (TPSA) is 78.5 Å². The molecular weight excluding hydrogens is 356 g/mol. The predicted octanol–water partition coefficient (Wildman–Crippen LogP) is 2.23. The minimum Gasteiger partial charge on any atom is -0.497 e. The van der Waals surface area contributed by atoms with Crippen LogP contribution in [0.1, 0.15) is 31.2 Å². The lowest BCUT2D eigenvalue weighted by molar-refractivity contribution is -0.143. The van der Waals surface area contributed by atoms with Crippen molar-refractivity contribution in [2.45, 2.75) is 32.7 Å². The Morgan fingerprint density at radius 2 is 2.07 bits per heavy atom. The van der Waals surface area contributed by atoms with Gasteiger partial charge in [-0.1, -0.05) is 0 Å². The Bertz CT molecular complexity index is 874. The minimum atomic E-state index is -0.0943. The second kappa shape index (κ2) is 7.66. The molecule has 1 atom stereocenters. The Morgan fingerprint density at radius 1 is 1.29 bits per heavy atom. The zero-order chi connectivity index (χ0) is 19.7. The molecule has 4 rings (SSSR count). The molecule has 0 radical (unpaired) electrons. The van der Waals surface area contributed by atoms with Gasteiger partial charge in [0.2, 0.25) is 11.8 Å². The van der Waals surface area contributed by atoms with Gasteiger partial charge in [-0.15, -0.1) is 0 Å². The predicted molar refractivity (Wildman–Crippen MR) is 105 cm³/mol. The summed E-state index contributed by atoms with van der Waals surface area (Å²) < 4.78 is 5.21. The number of aromatic amines is 1. The normalized spacial score (nSPS) is 19.5. The third-order valence-corrected chi connectivity index (χ3v) is 5.74. The van der Waals surface area contributed by atoms with Gasteiger partial charge in [-0.25, -0.2) is 4.98 Å². The average Bonchev–Trinajstić information content (AvgIpc) is 3.17. The van der Waals surface area contributed by atoms with Crippen molar-refractivity contribution in [3.05, 3.63) is 35.7 Å². The summed E-state index contributed by atoms with van der Waals surface area (Å²) in [6.07, 6.45) is 1.86. The number of nitrogens with zero attached hydrogens (tertiary/aromatic N) is 3. The summed E-state index contributed by atoms with van der Waals surface area (Å²) in [5.41, 5.74) is 3.03. The summed E-state index contributed by atoms with van der Waals surface area (Å²) >= 11 is 0. The number of hydrogen-bond donors (Lipinski definition) is 1. The molecule has 148 valence electrons. The smallest absolute Gasteiger partial charge is 0.227 e. The third-order valence-electron chi connectivity index (χ3n) is 5.74. The van der Waals surface area contributed by atoms with Gasteiger partial charge in [-0.05, 0) is 37.6 Å². The van der Waals surface area contributed by atoms with Crippen molar-refractivity contribution in [2.24, 2.45) is 5.92 Å². The summed E-state index contributed by atoms with van der Waals surface area (Å²) in [7, 11) is 1.65. The van der Waals surface area contributed by atoms with Crippen molar-refractivity contribution in [1.29, 1.82) is 0 Å². The van der Waals surface area contributed by atoms with E-state index < -0.39 is 0 Å². The quantitative estimate of drug-likeness (QED) is 0.880. The molecule has 2 aromatic rings. The molecular formula is C21H26N4O3. The number of likely N-dealkylation sites (tertiary alicyclic amines) is 1. The van der Waals surface area contributed by atoms with Gasteiger partial charge in [-0.3, -0.25) is 9.59 Å². The van der Waals surface area contributed by atoms with Crippen LogP contribution in [0.25, 0.3) is 11.4 Å². The van der Waals surface area contributed by atoms with E-state index in [4.69, 9.17) is 9.72 Å². The minimum absolute atomic E-state index is 0.0943. The Kier molecular flexibility index (Phi) is 5.07. The van der Waals surface area contributed by atoms with E-state index in [0.29, 0.717) is 39.0 Å². The second-order valence-corrected chi connectivity index (χ2v) is 7.42. The number of rotatable bonds is 4. The SMILES string of the molecule is CCN1C[C@H](C(=O)N2CCc3nc(-c4ccc(OC)cc4)[nH]c3C2)CCC1=O. The molecule has 7 nitrogen and oxygen atoms in total. The highest BCUT2D eigenvalue weighted by molar-refractivity contribution is 5.84. The molecule has 0 spiro atoms. The van der Waals surface area contributed by atoms with Crippen LogP contribution in [-0.4, -0.2) is 58.3 Å². The molecule has 2 aliphatic rings. The van der Waals surface area contributed by atoms with Crippen LogP contribution in [0, 0.1) is 5.92 Å². The van der Waals surface area contributed by atoms with E-state index in [9.17, 15) is 9.59 Å². The van der Waals surface area contributed by atoms with Crippen molar-refractivity contribution < 1.29 is 14.3 Å². The maximum absolute atomic E-state index is 13.0. The standard InChI is InChI=1S/C21H26N4O3/c1-3-24-12-15(6-9-19(24)26)21(27)25-11-10-17-18(13-25)23-20(22-17)14-4-7-16(28-2)8-5-14/h4-5,7-8,15H,3,6,9-13H2,1-2H3,(H,22,23)/t15-/m1/s1. The Morgan fingerprint density at radius 3 is 2.79 bits per heavy atom. The average molecular weight is 382 g/mol. The van der Waals surface area contributed by atoms with E-state index in [1.807, 2.05) is 36.1 Å². The van der Waals surface area contributed by atoms with E-state index in [2.05, 4.69) is 4.98 Å². The number of fused-ring (bicyclic) bond motifs is 1. The van der Waals surface area contributed by atoms with Crippen LogP contribution in [-0.2, 0) is 22.6 Å². The molecule has 0 saturated carbocycles. The Labute approximate surface area is 164 Å². The van der Waals surface area contributed by atoms with Gasteiger partial charge in [-0.2, -0.15) is 0 Å². The number of aromatic nitrogens is 2. The maximum atomic E-state index is 13.0. The molecule has 0 aliphatic carbocycles. The van der Waals surface area contributed by atoms with Gasteiger partial charge >= 0.3 is 0 Å². The van der Waals surface area contributed by atoms with E-state index in [-0.39, 0.29) is 17.7 Å². The second-order valence-electron chi connectivity index (χ2n) is 7.42. The van der Waals surface area contributed by atoms with Crippen molar-refractivity contribution in [1.82, 2.24) is 19.8 Å². The highest BCUT2D eigenvalue weighted by Gasteiger charge is 2.34. The monoisotopic (exact) mass is 382 g/mol. The number of carbonyl (C=O) groups excluding carboxylic acids is 2. The molecule has 1 N–H and O–H groups in total. The molecule has 2 amide bonds. The molecule has 0 bridgehead atoms. The molecule has 1 aromatic heterocycles. The van der Waals surface area contributed by atoms with E-state index in [1.54, 1.807) is 12.0 Å². The van der Waals surface area contributed by atoms with Gasteiger partial charge < -0.3 is 19.5 Å². The molecule has 1 saturated heterocycles. The lowest BCUT2D eigenvalue weighted by Gasteiger charge is -2.35. The number of methoxy groups -OCH3 is 1. The fraction of sp³-hybridized carbons (Fsp3) is 0.476. The van der Waals surface area contributed by atoms with Crippen LogP contribution in [0.3, 0.4) is 0 Å². The number of ether oxygens (including phenoxy) is 1. The van der Waals surface area contributed by atoms with Gasteiger partial charge in [0.15, 0.2) is 0 Å². The number of hydrogen-bond acceptors (Lipinski definition) is 4. The first kappa shape index (κ1) is 18.5. The summed E-state index contributed by atoms with van der Waals surface area (Å²) in [5.74, 6) is 1.84. The molecule has 2 aliphatic heterocycles. The molecule has 1 fully saturated rings. The molecule has 28 heavy (non-hydrogen) atoms. The van der Waals surface area contributed by atoms with E-state index in [0.717, 1.165) is 34.9 Å². The number of amides is 2. The summed E-state index contributed by atoms with van der Waals surface area (Å²) in [6.45, 7) is 4.39. The Balaban J connectivity index is 1.46. The maximum Gasteiger partial charge on any atom is 0.227 e. The molecule has 1 aromatic carbocycles. The van der Waals surface area contributed by atoms with Gasteiger partial charge in [0, 0.05) is 38.0 Å². The van der Waals surface area contributed by atoms with Crippen LogP contribution in [0.5, 0.6) is 5.75 Å². The number of piperidine rings is 1. The molecule has 3 heterocycles. The highest BCUT2D eigenvalue weighted by Crippen LogP contribution is 2.27. The first-order valence-electron chi connectivity index (χ1n) is 9.87. The first-order chi connectivity index (χ1) is 13.6. The van der Waals surface area contributed by atoms with E-state index in [1.165, 1.54) is 0 Å². The summed E-state index contributed by atoms with van der Waals surface area (Å²) in [6, 6.07) is 7.78. The van der Waals surface area contributed by atoms with Crippen LogP contribution >= 0.6 is 0 Å². The number of imidazole rings is 1. The highest BCUT2D eigenvalue weighted by atomic mass is 16.5. The fourth-order valence-corrected chi connectivity index (χ4v) is 4.05. The number of nitrogens with one attached hydrogen (secondary N) is 1. The molecule has 7 heteroatoms. The van der Waals surface area contributed by atoms with Crippen molar-refractivity contribution in [2.75, 3.05) is 26.7 Å². The molecule has 0 unspecified atom stereocenters. The van der Waals surface area contributed by atoms with Gasteiger partial charge in [0.25, 0.3) is 0 Å². The zero-order valence-electron chi connectivity index (χ0n) is 16.4.